The second-order valence-corrected chi connectivity index (χ2v) is 13.2. The van der Waals surface area contributed by atoms with Gasteiger partial charge in [0.2, 0.25) is 0 Å². The Hall–Kier alpha value is -6.65. The first kappa shape index (κ1) is 27.3. The van der Waals surface area contributed by atoms with E-state index in [1.807, 2.05) is 12.1 Å². The third-order valence-electron chi connectivity index (χ3n) is 10.4. The van der Waals surface area contributed by atoms with Crippen LogP contribution in [0.2, 0.25) is 0 Å². The lowest BCUT2D eigenvalue weighted by molar-refractivity contribution is 0.669. The van der Waals surface area contributed by atoms with Crippen molar-refractivity contribution in [2.45, 2.75) is 6.04 Å². The SMILES string of the molecule is c1ccc(C2=Nc3ccccc3NC2c2ccc(-n3c4cc5oc6ccc7ccccc7c6c5cc4c4c5ccccc5ccc43)cc2)cc1. The van der Waals surface area contributed by atoms with E-state index in [1.165, 1.54) is 43.2 Å². The Morgan fingerprint density at radius 2 is 1.22 bits per heavy atom. The fourth-order valence-electron chi connectivity index (χ4n) is 8.11. The maximum atomic E-state index is 6.59. The average Bonchev–Trinajstić information content (AvgIpc) is 3.72. The van der Waals surface area contributed by atoms with E-state index >= 15 is 0 Å². The number of aliphatic imine (C=N–C) groups is 1. The fraction of sp³-hybridized carbons (Fsp3) is 0.0217. The van der Waals surface area contributed by atoms with Crippen LogP contribution in [0, 0.1) is 0 Å². The predicted molar refractivity (Wildman–Crippen MR) is 209 cm³/mol. The fourth-order valence-corrected chi connectivity index (χ4v) is 8.11. The van der Waals surface area contributed by atoms with Crippen LogP contribution in [0.1, 0.15) is 17.2 Å². The van der Waals surface area contributed by atoms with Gasteiger partial charge in [0.05, 0.1) is 34.2 Å². The van der Waals surface area contributed by atoms with Crippen LogP contribution in [0.3, 0.4) is 0 Å². The molecule has 4 heteroatoms. The maximum absolute atomic E-state index is 6.59. The Morgan fingerprint density at radius 1 is 0.520 bits per heavy atom. The standard InChI is InChI=1S/C46H29N3O/c1-2-12-30(13-3-1)45-46(48-38-17-9-8-16-37(38)47-45)31-18-22-32(23-19-31)49-39-24-20-28-10-4-6-14-33(28)43(39)35-26-36-42(27-40(35)49)50-41-25-21-29-11-5-7-15-34(29)44(36)41/h1-27,46,48H. The number of anilines is 1. The number of aromatic nitrogens is 1. The van der Waals surface area contributed by atoms with Gasteiger partial charge in [0.15, 0.2) is 0 Å². The minimum absolute atomic E-state index is 0.0894. The summed E-state index contributed by atoms with van der Waals surface area (Å²) in [4.78, 5) is 5.16. The minimum Gasteiger partial charge on any atom is -0.456 e. The highest BCUT2D eigenvalue weighted by atomic mass is 16.3. The second-order valence-electron chi connectivity index (χ2n) is 13.2. The highest BCUT2D eigenvalue weighted by Crippen LogP contribution is 2.43. The third-order valence-corrected chi connectivity index (χ3v) is 10.4. The molecule has 0 bridgehead atoms. The molecule has 0 saturated heterocycles. The van der Waals surface area contributed by atoms with Gasteiger partial charge in [-0.05, 0) is 75.1 Å². The van der Waals surface area contributed by atoms with Crippen LogP contribution in [0.25, 0.3) is 71.0 Å². The first-order valence-corrected chi connectivity index (χ1v) is 17.1. The summed E-state index contributed by atoms with van der Waals surface area (Å²) in [5, 5.41) is 13.5. The zero-order valence-corrected chi connectivity index (χ0v) is 27.0. The molecule has 0 spiro atoms. The summed E-state index contributed by atoms with van der Waals surface area (Å²) in [6.45, 7) is 0. The van der Waals surface area contributed by atoms with Crippen molar-refractivity contribution in [2.24, 2.45) is 4.99 Å². The number of nitrogens with zero attached hydrogens (tertiary/aromatic N) is 2. The van der Waals surface area contributed by atoms with Gasteiger partial charge in [-0.1, -0.05) is 115 Å². The third kappa shape index (κ3) is 3.96. The molecule has 1 unspecified atom stereocenters. The number of furan rings is 1. The highest BCUT2D eigenvalue weighted by molar-refractivity contribution is 6.27. The lowest BCUT2D eigenvalue weighted by atomic mass is 9.94. The van der Waals surface area contributed by atoms with Crippen molar-refractivity contribution >= 4 is 82.4 Å². The van der Waals surface area contributed by atoms with Crippen LogP contribution in [0.5, 0.6) is 0 Å². The number of rotatable bonds is 3. The molecule has 1 aliphatic rings. The lowest BCUT2D eigenvalue weighted by Gasteiger charge is -2.28. The summed E-state index contributed by atoms with van der Waals surface area (Å²) in [5.41, 5.74) is 10.5. The molecule has 1 atom stereocenters. The van der Waals surface area contributed by atoms with Crippen molar-refractivity contribution in [3.05, 3.63) is 175 Å². The van der Waals surface area contributed by atoms with Gasteiger partial charge >= 0.3 is 0 Å². The Morgan fingerprint density at radius 3 is 2.04 bits per heavy atom. The molecule has 11 rings (SSSR count). The number of nitrogens with one attached hydrogen (secondary N) is 1. The summed E-state index contributed by atoms with van der Waals surface area (Å²) in [7, 11) is 0. The zero-order chi connectivity index (χ0) is 32.8. The monoisotopic (exact) mass is 639 g/mol. The van der Waals surface area contributed by atoms with Crippen molar-refractivity contribution in [1.29, 1.82) is 0 Å². The first-order valence-electron chi connectivity index (χ1n) is 17.1. The molecule has 1 aliphatic heterocycles. The van der Waals surface area contributed by atoms with E-state index in [1.54, 1.807) is 0 Å². The molecule has 8 aromatic carbocycles. The predicted octanol–water partition coefficient (Wildman–Crippen LogP) is 12.3. The van der Waals surface area contributed by atoms with E-state index in [0.29, 0.717) is 0 Å². The van der Waals surface area contributed by atoms with Gasteiger partial charge in [0.25, 0.3) is 0 Å². The highest BCUT2D eigenvalue weighted by Gasteiger charge is 2.26. The maximum Gasteiger partial charge on any atom is 0.137 e. The second kappa shape index (κ2) is 10.4. The molecule has 2 aromatic heterocycles. The van der Waals surface area contributed by atoms with Crippen molar-refractivity contribution < 1.29 is 4.42 Å². The molecule has 10 aromatic rings. The molecular formula is C46H29N3O. The first-order chi connectivity index (χ1) is 24.8. The van der Waals surface area contributed by atoms with Crippen LogP contribution in [0.15, 0.2) is 173 Å². The van der Waals surface area contributed by atoms with Crippen molar-refractivity contribution in [1.82, 2.24) is 4.57 Å². The number of hydrogen-bond donors (Lipinski definition) is 1. The van der Waals surface area contributed by atoms with E-state index in [0.717, 1.165) is 56.0 Å². The molecule has 0 saturated carbocycles. The van der Waals surface area contributed by atoms with E-state index in [-0.39, 0.29) is 6.04 Å². The van der Waals surface area contributed by atoms with Crippen molar-refractivity contribution in [3.63, 3.8) is 0 Å². The largest absolute Gasteiger partial charge is 0.456 e. The summed E-state index contributed by atoms with van der Waals surface area (Å²) in [6.07, 6.45) is 0. The topological polar surface area (TPSA) is 42.5 Å². The molecule has 3 heterocycles. The van der Waals surface area contributed by atoms with Gasteiger partial charge in [-0.15, -0.1) is 0 Å². The Kier molecular flexibility index (Phi) is 5.69. The zero-order valence-electron chi connectivity index (χ0n) is 27.0. The van der Waals surface area contributed by atoms with E-state index in [4.69, 9.17) is 9.41 Å². The van der Waals surface area contributed by atoms with Gasteiger partial charge < -0.3 is 14.3 Å². The van der Waals surface area contributed by atoms with Crippen LogP contribution >= 0.6 is 0 Å². The molecular weight excluding hydrogens is 611 g/mol. The summed E-state index contributed by atoms with van der Waals surface area (Å²) in [5.74, 6) is 0. The molecule has 0 amide bonds. The number of para-hydroxylation sites is 2. The minimum atomic E-state index is -0.0894. The van der Waals surface area contributed by atoms with E-state index < -0.39 is 0 Å². The van der Waals surface area contributed by atoms with Gasteiger partial charge in [-0.25, -0.2) is 4.99 Å². The normalized spacial score (nSPS) is 14.5. The average molecular weight is 640 g/mol. The smallest absolute Gasteiger partial charge is 0.137 e. The van der Waals surface area contributed by atoms with E-state index in [2.05, 4.69) is 162 Å². The summed E-state index contributed by atoms with van der Waals surface area (Å²) >= 11 is 0. The van der Waals surface area contributed by atoms with E-state index in [9.17, 15) is 0 Å². The molecule has 0 radical (unpaired) electrons. The van der Waals surface area contributed by atoms with Crippen molar-refractivity contribution in [2.75, 3.05) is 5.32 Å². The Bertz CT molecular complexity index is 3000. The number of hydrogen-bond acceptors (Lipinski definition) is 3. The van der Waals surface area contributed by atoms with Gasteiger partial charge in [-0.2, -0.15) is 0 Å². The molecule has 234 valence electrons. The molecule has 0 fully saturated rings. The number of fused-ring (bicyclic) bond motifs is 11. The summed E-state index contributed by atoms with van der Waals surface area (Å²) < 4.78 is 8.98. The van der Waals surface area contributed by atoms with Crippen LogP contribution < -0.4 is 5.32 Å². The Labute approximate surface area is 287 Å². The number of benzene rings is 8. The van der Waals surface area contributed by atoms with Gasteiger partial charge in [0, 0.05) is 33.3 Å². The summed E-state index contributed by atoms with van der Waals surface area (Å²) in [6, 6.07) is 58.2. The lowest BCUT2D eigenvalue weighted by Crippen LogP contribution is -2.24. The molecule has 1 N–H and O–H groups in total. The molecule has 50 heavy (non-hydrogen) atoms. The van der Waals surface area contributed by atoms with Crippen LogP contribution in [-0.4, -0.2) is 10.3 Å². The van der Waals surface area contributed by atoms with Gasteiger partial charge in [0.1, 0.15) is 11.2 Å². The van der Waals surface area contributed by atoms with Crippen molar-refractivity contribution in [3.8, 4) is 5.69 Å². The van der Waals surface area contributed by atoms with Gasteiger partial charge in [-0.3, -0.25) is 0 Å². The molecule has 4 nitrogen and oxygen atoms in total. The Balaban J connectivity index is 1.13. The quantitative estimate of drug-likeness (QED) is 0.209. The van der Waals surface area contributed by atoms with Crippen LogP contribution in [-0.2, 0) is 0 Å². The van der Waals surface area contributed by atoms with Crippen LogP contribution in [0.4, 0.5) is 11.4 Å². The molecule has 0 aliphatic carbocycles.